The van der Waals surface area contributed by atoms with Gasteiger partial charge in [-0.25, -0.2) is 22.4 Å². The third kappa shape index (κ3) is 9.65. The molecule has 4 aromatic carbocycles. The highest BCUT2D eigenvalue weighted by Crippen LogP contribution is 2.56. The summed E-state index contributed by atoms with van der Waals surface area (Å²) in [5, 5.41) is 2.77. The number of carbonyl (C=O) groups excluding carboxylic acids is 2. The van der Waals surface area contributed by atoms with Gasteiger partial charge in [-0.05, 0) is 84.2 Å². The molecule has 2 aliphatic rings. The number of halogens is 1. The van der Waals surface area contributed by atoms with E-state index >= 15 is 0 Å². The molecule has 0 aromatic heterocycles. The first kappa shape index (κ1) is 38.5. The molecule has 12 heteroatoms. The Morgan fingerprint density at radius 3 is 2.19 bits per heavy atom. The Morgan fingerprint density at radius 1 is 0.889 bits per heavy atom. The molecule has 10 nitrogen and oxygen atoms in total. The van der Waals surface area contributed by atoms with Crippen LogP contribution in [0.1, 0.15) is 72.9 Å². The van der Waals surface area contributed by atoms with Gasteiger partial charge >= 0.3 is 12.2 Å². The van der Waals surface area contributed by atoms with Crippen LogP contribution >= 0.6 is 0 Å². The van der Waals surface area contributed by atoms with Crippen LogP contribution in [-0.4, -0.2) is 56.1 Å². The van der Waals surface area contributed by atoms with Crippen LogP contribution in [0.25, 0.3) is 0 Å². The third-order valence-electron chi connectivity index (χ3n) is 10.0. The maximum absolute atomic E-state index is 14.3. The Morgan fingerprint density at radius 2 is 1.56 bits per heavy atom. The van der Waals surface area contributed by atoms with Crippen molar-refractivity contribution in [3.05, 3.63) is 137 Å². The number of benzene rings is 4. The van der Waals surface area contributed by atoms with Gasteiger partial charge in [0, 0.05) is 17.7 Å². The first-order valence-electron chi connectivity index (χ1n) is 18.4. The van der Waals surface area contributed by atoms with Gasteiger partial charge in [0.05, 0.1) is 18.4 Å². The molecule has 1 aliphatic heterocycles. The van der Waals surface area contributed by atoms with E-state index in [9.17, 15) is 22.4 Å². The number of nitrogens with one attached hydrogen (secondary N) is 1. The van der Waals surface area contributed by atoms with Gasteiger partial charge in [-0.2, -0.15) is 0 Å². The number of ether oxygens (including phenoxy) is 3. The van der Waals surface area contributed by atoms with Crippen molar-refractivity contribution in [2.75, 3.05) is 24.7 Å². The normalized spacial score (nSPS) is 16.4. The molecular formula is C42H46FN3O7S. The van der Waals surface area contributed by atoms with Gasteiger partial charge in [-0.1, -0.05) is 92.2 Å². The average Bonchev–Trinajstić information content (AvgIpc) is 3.16. The number of nitrogens with zero attached hydrogens (tertiary/aromatic N) is 2. The minimum atomic E-state index is -3.14. The summed E-state index contributed by atoms with van der Waals surface area (Å²) in [5.74, 6) is 0.381. The maximum atomic E-state index is 14.3. The monoisotopic (exact) mass is 755 g/mol. The standard InChI is InChI=1S/C42H46FN3O7S/c1-2-26-54(49,50)27-10-25-51-36-20-15-33-21-24-46(38(37(33)28-36)42(22-9-23-42)34-16-18-35(43)19-17-34)39(44-40(47)52-29-31-11-5-3-6-12-31)45-41(48)53-30-32-13-7-4-8-14-32/h3-8,11-20,28,38H,2,9-10,21-27,29-30H2,1H3,(H,44,45,47,48). The summed E-state index contributed by atoms with van der Waals surface area (Å²) in [6.45, 7) is 2.44. The molecule has 0 bridgehead atoms. The van der Waals surface area contributed by atoms with E-state index in [1.54, 1.807) is 12.1 Å². The van der Waals surface area contributed by atoms with E-state index in [1.807, 2.05) is 90.7 Å². The summed E-state index contributed by atoms with van der Waals surface area (Å²) in [6.07, 6.45) is 2.21. The fourth-order valence-electron chi connectivity index (χ4n) is 7.30. The van der Waals surface area contributed by atoms with Gasteiger partial charge in [0.15, 0.2) is 0 Å². The smallest absolute Gasteiger partial charge is 0.437 e. The summed E-state index contributed by atoms with van der Waals surface area (Å²) in [6, 6.07) is 30.3. The molecule has 1 heterocycles. The number of alkyl carbamates (subject to hydrolysis) is 1. The minimum Gasteiger partial charge on any atom is -0.494 e. The zero-order valence-corrected chi connectivity index (χ0v) is 31.2. The zero-order valence-electron chi connectivity index (χ0n) is 30.4. The number of sulfone groups is 1. The number of hydrogen-bond acceptors (Lipinski definition) is 7. The molecule has 1 unspecified atom stereocenters. The molecule has 1 aliphatic carbocycles. The van der Waals surface area contributed by atoms with Crippen molar-refractivity contribution in [1.82, 2.24) is 10.2 Å². The van der Waals surface area contributed by atoms with E-state index in [2.05, 4.69) is 10.3 Å². The summed E-state index contributed by atoms with van der Waals surface area (Å²) in [5.41, 5.74) is 3.91. The van der Waals surface area contributed by atoms with Crippen molar-refractivity contribution in [2.24, 2.45) is 4.99 Å². The maximum Gasteiger partial charge on any atom is 0.437 e. The molecule has 1 fully saturated rings. The van der Waals surface area contributed by atoms with Crippen molar-refractivity contribution >= 4 is 28.0 Å². The molecule has 2 amide bonds. The molecule has 4 aromatic rings. The van der Waals surface area contributed by atoms with Crippen LogP contribution in [-0.2, 0) is 44.4 Å². The Balaban J connectivity index is 1.35. The summed E-state index contributed by atoms with van der Waals surface area (Å²) >= 11 is 0. The molecule has 1 saturated carbocycles. The van der Waals surface area contributed by atoms with Crippen molar-refractivity contribution in [3.63, 3.8) is 0 Å². The second kappa shape index (κ2) is 17.7. The summed E-state index contributed by atoms with van der Waals surface area (Å²) in [7, 11) is -3.14. The van der Waals surface area contributed by atoms with Crippen molar-refractivity contribution in [2.45, 2.75) is 70.1 Å². The summed E-state index contributed by atoms with van der Waals surface area (Å²) in [4.78, 5) is 33.1. The Kier molecular flexibility index (Phi) is 12.6. The Hall–Kier alpha value is -5.23. The molecule has 0 spiro atoms. The van der Waals surface area contributed by atoms with E-state index in [0.717, 1.165) is 47.1 Å². The molecular weight excluding hydrogens is 710 g/mol. The quantitative estimate of drug-likeness (QED) is 0.0826. The van der Waals surface area contributed by atoms with E-state index in [0.29, 0.717) is 31.6 Å². The van der Waals surface area contributed by atoms with Crippen LogP contribution < -0.4 is 10.1 Å². The highest BCUT2D eigenvalue weighted by molar-refractivity contribution is 7.91. The largest absolute Gasteiger partial charge is 0.494 e. The predicted octanol–water partition coefficient (Wildman–Crippen LogP) is 8.06. The number of hydrogen-bond donors (Lipinski definition) is 1. The SMILES string of the molecule is CCCS(=O)(=O)CCCOc1ccc2c(c1)C(C1(c3ccc(F)cc3)CCC1)N(C(=NC(=O)OCc1ccccc1)NC(=O)OCc1ccccc1)CC2. The number of fused-ring (bicyclic) bond motifs is 1. The lowest BCUT2D eigenvalue weighted by Crippen LogP contribution is -2.56. The Labute approximate surface area is 316 Å². The number of amides is 2. The number of carbonyl (C=O) groups is 2. The number of rotatable bonds is 13. The van der Waals surface area contributed by atoms with Crippen LogP contribution in [0.2, 0.25) is 0 Å². The average molecular weight is 756 g/mol. The molecule has 0 saturated heterocycles. The van der Waals surface area contributed by atoms with Crippen LogP contribution in [0.4, 0.5) is 14.0 Å². The van der Waals surface area contributed by atoms with Crippen LogP contribution in [0.5, 0.6) is 5.75 Å². The van der Waals surface area contributed by atoms with E-state index < -0.39 is 33.5 Å². The van der Waals surface area contributed by atoms with E-state index in [1.165, 1.54) is 12.1 Å². The van der Waals surface area contributed by atoms with Crippen molar-refractivity contribution < 1.29 is 36.6 Å². The second-order valence-corrected chi connectivity index (χ2v) is 16.0. The highest BCUT2D eigenvalue weighted by Gasteiger charge is 2.51. The van der Waals surface area contributed by atoms with E-state index in [4.69, 9.17) is 14.2 Å². The first-order chi connectivity index (χ1) is 26.2. The first-order valence-corrected chi connectivity index (χ1v) is 20.2. The van der Waals surface area contributed by atoms with Gasteiger partial charge in [0.2, 0.25) is 5.96 Å². The van der Waals surface area contributed by atoms with Gasteiger partial charge < -0.3 is 19.1 Å². The molecule has 1 N–H and O–H groups in total. The van der Waals surface area contributed by atoms with Crippen LogP contribution in [0.15, 0.2) is 108 Å². The zero-order chi connectivity index (χ0) is 38.0. The number of guanidine groups is 1. The molecule has 0 radical (unpaired) electrons. The number of aliphatic imine (C=N–C) groups is 1. The lowest BCUT2D eigenvalue weighted by Gasteiger charge is -2.54. The molecule has 1 atom stereocenters. The predicted molar refractivity (Wildman–Crippen MR) is 204 cm³/mol. The van der Waals surface area contributed by atoms with Gasteiger partial charge in [0.25, 0.3) is 0 Å². The minimum absolute atomic E-state index is 0.00459. The molecule has 54 heavy (non-hydrogen) atoms. The summed E-state index contributed by atoms with van der Waals surface area (Å²) < 4.78 is 56.1. The molecule has 284 valence electrons. The third-order valence-corrected chi connectivity index (χ3v) is 12.0. The fraction of sp³-hybridized carbons (Fsp3) is 0.357. The highest BCUT2D eigenvalue weighted by atomic mass is 32.2. The lowest BCUT2D eigenvalue weighted by atomic mass is 9.57. The Bertz CT molecular complexity index is 2020. The van der Waals surface area contributed by atoms with Gasteiger partial charge in [0.1, 0.15) is 34.6 Å². The van der Waals surface area contributed by atoms with Crippen LogP contribution in [0, 0.1) is 5.82 Å². The topological polar surface area (TPSA) is 124 Å². The van der Waals surface area contributed by atoms with Gasteiger partial charge in [-0.3, -0.25) is 5.32 Å². The molecule has 6 rings (SSSR count). The fourth-order valence-corrected chi connectivity index (χ4v) is 8.68. The van der Waals surface area contributed by atoms with Gasteiger partial charge in [-0.15, -0.1) is 4.99 Å². The van der Waals surface area contributed by atoms with Crippen molar-refractivity contribution in [1.29, 1.82) is 0 Å². The van der Waals surface area contributed by atoms with E-state index in [-0.39, 0.29) is 43.1 Å². The second-order valence-electron chi connectivity index (χ2n) is 13.7. The lowest BCUT2D eigenvalue weighted by molar-refractivity contribution is 0.0941. The van der Waals surface area contributed by atoms with Crippen molar-refractivity contribution in [3.8, 4) is 5.75 Å². The van der Waals surface area contributed by atoms with Crippen LogP contribution in [0.3, 0.4) is 0 Å².